The third-order valence-electron chi connectivity index (χ3n) is 9.20. The molecule has 5 rings (SSSR count). The van der Waals surface area contributed by atoms with Crippen molar-refractivity contribution in [2.24, 2.45) is 17.8 Å². The second-order valence-electron chi connectivity index (χ2n) is 12.2. The summed E-state index contributed by atoms with van der Waals surface area (Å²) in [6.07, 6.45) is 7.32. The highest BCUT2D eigenvalue weighted by molar-refractivity contribution is 7.90. The summed E-state index contributed by atoms with van der Waals surface area (Å²) in [6, 6.07) is -0.420. The van der Waals surface area contributed by atoms with Crippen molar-refractivity contribution in [2.45, 2.75) is 87.6 Å². The van der Waals surface area contributed by atoms with Crippen LogP contribution in [0.15, 0.2) is 0 Å². The predicted molar refractivity (Wildman–Crippen MR) is 135 cm³/mol. The van der Waals surface area contributed by atoms with Gasteiger partial charge in [-0.25, -0.2) is 22.9 Å². The number of methoxy groups -OCH3 is 1. The molecule has 2 heterocycles. The van der Waals surface area contributed by atoms with Crippen LogP contribution < -0.4 is 10.1 Å². The molecule has 3 amide bonds. The third-order valence-corrected chi connectivity index (χ3v) is 11.3. The summed E-state index contributed by atoms with van der Waals surface area (Å²) >= 11 is 0. The zero-order chi connectivity index (χ0) is 25.7. The van der Waals surface area contributed by atoms with Crippen LogP contribution in [0.1, 0.15) is 64.7 Å². The highest BCUT2D eigenvalue weighted by Gasteiger charge is 2.52. The van der Waals surface area contributed by atoms with E-state index in [9.17, 15) is 18.0 Å². The molecule has 2 saturated heterocycles. The van der Waals surface area contributed by atoms with Gasteiger partial charge in [-0.15, -0.1) is 0 Å². The van der Waals surface area contributed by atoms with E-state index in [0.29, 0.717) is 31.8 Å². The van der Waals surface area contributed by atoms with E-state index in [1.165, 1.54) is 4.90 Å². The number of sulfonamides is 1. The number of urea groups is 1. The second-order valence-corrected chi connectivity index (χ2v) is 14.2. The topological polar surface area (TPSA) is 111 Å². The Labute approximate surface area is 215 Å². The predicted octanol–water partition coefficient (Wildman–Crippen LogP) is 1.53. The molecule has 3 aliphatic carbocycles. The number of fused-ring (bicyclic) bond motifs is 1. The van der Waals surface area contributed by atoms with Crippen LogP contribution in [-0.4, -0.2) is 98.4 Å². The van der Waals surface area contributed by atoms with Crippen LogP contribution in [0.25, 0.3) is 0 Å². The Kier molecular flexibility index (Phi) is 7.41. The van der Waals surface area contributed by atoms with E-state index < -0.39 is 21.2 Å². The normalized spacial score (nSPS) is 37.3. The highest BCUT2D eigenvalue weighted by Crippen LogP contribution is 2.41. The van der Waals surface area contributed by atoms with Crippen LogP contribution in [-0.2, 0) is 19.6 Å². The second kappa shape index (κ2) is 10.1. The van der Waals surface area contributed by atoms with Crippen LogP contribution in [0.4, 0.5) is 4.79 Å². The first-order chi connectivity index (χ1) is 17.1. The number of hydrogen-bond donors (Lipinski definition) is 2. The highest BCUT2D eigenvalue weighted by atomic mass is 32.2. The number of hydrazine groups is 1. The van der Waals surface area contributed by atoms with Crippen LogP contribution in [0, 0.1) is 17.8 Å². The summed E-state index contributed by atoms with van der Waals surface area (Å²) in [4.78, 5) is 30.9. The number of nitrogens with one attached hydrogen (secondary N) is 2. The zero-order valence-electron chi connectivity index (χ0n) is 21.9. The molecule has 2 N–H and O–H groups in total. The molecule has 204 valence electrons. The third kappa shape index (κ3) is 5.45. The molecule has 6 atom stereocenters. The average Bonchev–Trinajstić information content (AvgIpc) is 3.42. The van der Waals surface area contributed by atoms with Gasteiger partial charge in [0.1, 0.15) is 0 Å². The molecule has 0 aromatic rings. The van der Waals surface area contributed by atoms with Gasteiger partial charge in [0.2, 0.25) is 15.9 Å². The number of amides is 3. The van der Waals surface area contributed by atoms with Crippen LogP contribution in [0.3, 0.4) is 0 Å². The average molecular weight is 526 g/mol. The number of nitrogens with zero attached hydrogens (tertiary/aromatic N) is 3. The van der Waals surface area contributed by atoms with Crippen molar-refractivity contribution in [2.75, 3.05) is 40.3 Å². The first-order valence-corrected chi connectivity index (χ1v) is 15.3. The van der Waals surface area contributed by atoms with Crippen LogP contribution in [0.2, 0.25) is 0 Å². The van der Waals surface area contributed by atoms with Gasteiger partial charge in [0.25, 0.3) is 0 Å². The number of ether oxygens (including phenoxy) is 1. The van der Waals surface area contributed by atoms with Gasteiger partial charge < -0.3 is 9.64 Å². The van der Waals surface area contributed by atoms with Gasteiger partial charge >= 0.3 is 6.03 Å². The van der Waals surface area contributed by atoms with Crippen molar-refractivity contribution >= 4 is 22.0 Å². The van der Waals surface area contributed by atoms with Crippen molar-refractivity contribution < 1.29 is 22.7 Å². The summed E-state index contributed by atoms with van der Waals surface area (Å²) in [5.74, 6) is -0.167. The number of imide groups is 1. The standard InChI is InChI=1S/C25H43N5O5S/c1-25(9-10-25)27-36(33,34)20-7-8-22-21(12-20)23(31)30(16-18-13-26-28(2)14-18)24(32)29(22)15-17-5-4-6-19(11-17)35-3/h17-22,26-27H,4-16H2,1-3H3. The van der Waals surface area contributed by atoms with Crippen LogP contribution in [0.5, 0.6) is 0 Å². The van der Waals surface area contributed by atoms with Gasteiger partial charge in [0, 0.05) is 57.8 Å². The quantitative estimate of drug-likeness (QED) is 0.494. The molecular weight excluding hydrogens is 482 g/mol. The largest absolute Gasteiger partial charge is 0.381 e. The lowest BCUT2D eigenvalue weighted by molar-refractivity contribution is -0.141. The van der Waals surface area contributed by atoms with E-state index in [1.807, 2.05) is 23.9 Å². The van der Waals surface area contributed by atoms with Gasteiger partial charge in [-0.05, 0) is 64.2 Å². The summed E-state index contributed by atoms with van der Waals surface area (Å²) in [6.45, 7) is 4.41. The zero-order valence-corrected chi connectivity index (χ0v) is 22.8. The van der Waals surface area contributed by atoms with Gasteiger partial charge in [0.15, 0.2) is 0 Å². The van der Waals surface area contributed by atoms with E-state index in [4.69, 9.17) is 4.74 Å². The molecule has 10 nitrogen and oxygen atoms in total. The van der Waals surface area contributed by atoms with Crippen molar-refractivity contribution in [3.8, 4) is 0 Å². The van der Waals surface area contributed by atoms with E-state index >= 15 is 0 Å². The number of carbonyl (C=O) groups excluding carboxylic acids is 2. The van der Waals surface area contributed by atoms with E-state index in [1.54, 1.807) is 7.11 Å². The Bertz CT molecular complexity index is 956. The molecule has 0 spiro atoms. The first-order valence-electron chi connectivity index (χ1n) is 13.7. The minimum Gasteiger partial charge on any atom is -0.381 e. The molecule has 0 aromatic carbocycles. The van der Waals surface area contributed by atoms with Crippen molar-refractivity contribution in [1.82, 2.24) is 25.0 Å². The summed E-state index contributed by atoms with van der Waals surface area (Å²) in [5.41, 5.74) is 2.92. The van der Waals surface area contributed by atoms with E-state index in [-0.39, 0.29) is 42.0 Å². The monoisotopic (exact) mass is 525 g/mol. The fraction of sp³-hybridized carbons (Fsp3) is 0.920. The number of hydrogen-bond acceptors (Lipinski definition) is 7. The summed E-state index contributed by atoms with van der Waals surface area (Å²) in [7, 11) is 0.184. The maximum absolute atomic E-state index is 13.8. The molecule has 36 heavy (non-hydrogen) atoms. The lowest BCUT2D eigenvalue weighted by atomic mass is 9.79. The maximum Gasteiger partial charge on any atom is 0.326 e. The van der Waals surface area contributed by atoms with Gasteiger partial charge in [-0.2, -0.15) is 0 Å². The fourth-order valence-corrected chi connectivity index (χ4v) is 8.77. The maximum atomic E-state index is 13.8. The van der Waals surface area contributed by atoms with E-state index in [0.717, 1.165) is 51.6 Å². The van der Waals surface area contributed by atoms with Gasteiger partial charge in [-0.3, -0.25) is 15.1 Å². The smallest absolute Gasteiger partial charge is 0.326 e. The number of rotatable bonds is 8. The molecule has 0 aromatic heterocycles. The Balaban J connectivity index is 1.36. The Hall–Kier alpha value is -1.27. The summed E-state index contributed by atoms with van der Waals surface area (Å²) < 4.78 is 34.9. The molecule has 5 fully saturated rings. The Morgan fingerprint density at radius 3 is 2.53 bits per heavy atom. The van der Waals surface area contributed by atoms with E-state index in [2.05, 4.69) is 10.1 Å². The Morgan fingerprint density at radius 2 is 1.86 bits per heavy atom. The molecule has 2 aliphatic heterocycles. The minimum atomic E-state index is -3.53. The first kappa shape index (κ1) is 26.3. The molecule has 0 bridgehead atoms. The molecule has 0 radical (unpaired) electrons. The summed E-state index contributed by atoms with van der Waals surface area (Å²) in [5, 5.41) is 1.40. The molecule has 5 aliphatic rings. The Morgan fingerprint density at radius 1 is 1.08 bits per heavy atom. The van der Waals surface area contributed by atoms with Gasteiger partial charge in [0.05, 0.1) is 17.3 Å². The lowest BCUT2D eigenvalue weighted by Crippen LogP contribution is -2.65. The number of carbonyl (C=O) groups is 2. The molecule has 11 heteroatoms. The minimum absolute atomic E-state index is 0.161. The fourth-order valence-electron chi connectivity index (χ4n) is 6.81. The van der Waals surface area contributed by atoms with Crippen molar-refractivity contribution in [3.05, 3.63) is 0 Å². The lowest BCUT2D eigenvalue weighted by Gasteiger charge is -2.49. The molecular formula is C25H43N5O5S. The van der Waals surface area contributed by atoms with Crippen molar-refractivity contribution in [1.29, 1.82) is 0 Å². The van der Waals surface area contributed by atoms with Crippen LogP contribution >= 0.6 is 0 Å². The van der Waals surface area contributed by atoms with Crippen molar-refractivity contribution in [3.63, 3.8) is 0 Å². The SMILES string of the molecule is COC1CCCC(CN2C(=O)N(CC3CNN(C)C3)C(=O)C3CC(S(=O)(=O)NC4(C)CC4)CCC32)C1. The molecule has 3 saturated carbocycles. The molecule has 6 unspecified atom stereocenters. The van der Waals surface area contributed by atoms with Gasteiger partial charge in [-0.1, -0.05) is 6.42 Å².